The summed E-state index contributed by atoms with van der Waals surface area (Å²) in [5, 5.41) is 0. The molecule has 3 N–H and O–H groups in total. The van der Waals surface area contributed by atoms with Crippen molar-refractivity contribution in [2.24, 2.45) is 11.8 Å². The van der Waals surface area contributed by atoms with Crippen LogP contribution >= 0.6 is 0 Å². The molecule has 9 heteroatoms. The van der Waals surface area contributed by atoms with Gasteiger partial charge in [-0.05, 0) is 30.9 Å². The summed E-state index contributed by atoms with van der Waals surface area (Å²) in [7, 11) is 0. The molecule has 1 amide bonds. The van der Waals surface area contributed by atoms with Crippen LogP contribution in [0.3, 0.4) is 0 Å². The number of nitrogens with zero attached hydrogens (tertiary/aromatic N) is 3. The maximum atomic E-state index is 13.4. The number of aromatic nitrogens is 3. The minimum atomic E-state index is -0.687. The van der Waals surface area contributed by atoms with E-state index < -0.39 is 11.2 Å². The monoisotopic (exact) mass is 453 g/mol. The van der Waals surface area contributed by atoms with E-state index in [4.69, 9.17) is 10.2 Å². The molecule has 3 rings (SSSR count). The fourth-order valence-electron chi connectivity index (χ4n) is 3.60. The fourth-order valence-corrected chi connectivity index (χ4v) is 3.60. The zero-order valence-corrected chi connectivity index (χ0v) is 19.7. The van der Waals surface area contributed by atoms with E-state index in [0.717, 1.165) is 5.56 Å². The first kappa shape index (κ1) is 24.0. The highest BCUT2D eigenvalue weighted by Gasteiger charge is 2.27. The number of amides is 1. The number of H-pyrrole nitrogens is 1. The minimum Gasteiger partial charge on any atom is -0.441 e. The van der Waals surface area contributed by atoms with Crippen LogP contribution in [-0.4, -0.2) is 27.0 Å². The summed E-state index contributed by atoms with van der Waals surface area (Å²) in [6.45, 7) is 10.1. The van der Waals surface area contributed by atoms with Gasteiger partial charge >= 0.3 is 5.69 Å². The van der Waals surface area contributed by atoms with Crippen LogP contribution in [0.2, 0.25) is 0 Å². The Bertz CT molecular complexity index is 1240. The van der Waals surface area contributed by atoms with Gasteiger partial charge in [0.1, 0.15) is 11.6 Å². The number of aromatic amines is 1. The third-order valence-corrected chi connectivity index (χ3v) is 5.11. The summed E-state index contributed by atoms with van der Waals surface area (Å²) in [6.07, 6.45) is -0.0723. The quantitative estimate of drug-likeness (QED) is 0.540. The molecule has 0 saturated heterocycles. The molecular weight excluding hydrogens is 422 g/mol. The molecule has 0 aliphatic rings. The van der Waals surface area contributed by atoms with Crippen LogP contribution in [-0.2, 0) is 17.8 Å². The molecule has 2 heterocycles. The van der Waals surface area contributed by atoms with Gasteiger partial charge in [-0.3, -0.25) is 19.1 Å². The second-order valence-corrected chi connectivity index (χ2v) is 8.96. The van der Waals surface area contributed by atoms with Gasteiger partial charge < -0.3 is 15.1 Å². The zero-order valence-electron chi connectivity index (χ0n) is 19.7. The van der Waals surface area contributed by atoms with Gasteiger partial charge in [0.25, 0.3) is 5.56 Å². The molecular formula is C24H31N5O4. The largest absolute Gasteiger partial charge is 0.441 e. The van der Waals surface area contributed by atoms with Gasteiger partial charge in [0, 0.05) is 18.7 Å². The SMILES string of the molecule is Cc1oc(-c2ccccc2)nc1CC(=O)N(CC(C)C)c1c(N)n(CC(C)C)c(=O)[nH]c1=O. The number of benzene rings is 1. The smallest absolute Gasteiger partial charge is 0.330 e. The molecule has 0 unspecified atom stereocenters. The fraction of sp³-hybridized carbons (Fsp3) is 0.417. The van der Waals surface area contributed by atoms with Crippen molar-refractivity contribution in [3.8, 4) is 11.5 Å². The van der Waals surface area contributed by atoms with Crippen molar-refractivity contribution in [2.45, 2.75) is 47.6 Å². The Hall–Kier alpha value is -3.62. The standard InChI is InChI=1S/C24H31N5O4/c1-14(2)12-28(20-21(25)29(13-15(3)4)24(32)27-22(20)31)19(30)11-18-16(5)33-23(26-18)17-9-7-6-8-10-17/h6-10,14-15H,11-13,25H2,1-5H3,(H,27,31,32). The topological polar surface area (TPSA) is 127 Å². The number of rotatable bonds is 8. The number of nitrogens with one attached hydrogen (secondary N) is 1. The molecule has 0 atom stereocenters. The van der Waals surface area contributed by atoms with Crippen molar-refractivity contribution in [1.82, 2.24) is 14.5 Å². The Morgan fingerprint density at radius 1 is 1.15 bits per heavy atom. The van der Waals surface area contributed by atoms with Gasteiger partial charge in [-0.15, -0.1) is 0 Å². The summed E-state index contributed by atoms with van der Waals surface area (Å²) in [5.41, 5.74) is 6.26. The first-order chi connectivity index (χ1) is 15.6. The van der Waals surface area contributed by atoms with Crippen molar-refractivity contribution in [2.75, 3.05) is 17.2 Å². The third-order valence-electron chi connectivity index (χ3n) is 5.11. The lowest BCUT2D eigenvalue weighted by Crippen LogP contribution is -2.43. The number of oxazole rings is 1. The van der Waals surface area contributed by atoms with Gasteiger partial charge in [0.15, 0.2) is 5.69 Å². The van der Waals surface area contributed by atoms with Gasteiger partial charge in [-0.25, -0.2) is 9.78 Å². The molecule has 0 spiro atoms. The average Bonchev–Trinajstić information content (AvgIpc) is 3.10. The van der Waals surface area contributed by atoms with Gasteiger partial charge in [0.2, 0.25) is 11.8 Å². The lowest BCUT2D eigenvalue weighted by molar-refractivity contribution is -0.118. The molecule has 0 saturated carbocycles. The van der Waals surface area contributed by atoms with Crippen molar-refractivity contribution in [1.29, 1.82) is 0 Å². The predicted molar refractivity (Wildman–Crippen MR) is 128 cm³/mol. The van der Waals surface area contributed by atoms with E-state index in [-0.39, 0.29) is 42.2 Å². The molecule has 9 nitrogen and oxygen atoms in total. The van der Waals surface area contributed by atoms with E-state index >= 15 is 0 Å². The number of anilines is 2. The molecule has 33 heavy (non-hydrogen) atoms. The van der Waals surface area contributed by atoms with Crippen LogP contribution in [0.25, 0.3) is 11.5 Å². The molecule has 176 valence electrons. The number of carbonyl (C=O) groups excluding carboxylic acids is 1. The van der Waals surface area contributed by atoms with E-state index in [1.807, 2.05) is 58.0 Å². The van der Waals surface area contributed by atoms with E-state index in [1.54, 1.807) is 6.92 Å². The molecule has 1 aromatic carbocycles. The maximum absolute atomic E-state index is 13.4. The molecule has 0 aliphatic heterocycles. The first-order valence-electron chi connectivity index (χ1n) is 11.0. The summed E-state index contributed by atoms with van der Waals surface area (Å²) < 4.78 is 7.08. The highest BCUT2D eigenvalue weighted by Crippen LogP contribution is 2.24. The van der Waals surface area contributed by atoms with Crippen LogP contribution in [0.1, 0.15) is 39.1 Å². The van der Waals surface area contributed by atoms with E-state index in [0.29, 0.717) is 23.9 Å². The van der Waals surface area contributed by atoms with E-state index in [1.165, 1.54) is 9.47 Å². The maximum Gasteiger partial charge on any atom is 0.330 e. The number of aryl methyl sites for hydroxylation is 1. The summed E-state index contributed by atoms with van der Waals surface area (Å²) in [4.78, 5) is 46.7. The second kappa shape index (κ2) is 9.89. The second-order valence-electron chi connectivity index (χ2n) is 8.96. The molecule has 0 bridgehead atoms. The minimum absolute atomic E-state index is 0.0154. The number of nitrogens with two attached hydrogens (primary N) is 1. The number of hydrogen-bond acceptors (Lipinski definition) is 6. The normalized spacial score (nSPS) is 11.4. The Kier molecular flexibility index (Phi) is 7.20. The van der Waals surface area contributed by atoms with Gasteiger partial charge in [0.05, 0.1) is 12.1 Å². The molecule has 0 fully saturated rings. The van der Waals surface area contributed by atoms with Crippen molar-refractivity contribution >= 4 is 17.4 Å². The van der Waals surface area contributed by atoms with Crippen molar-refractivity contribution < 1.29 is 9.21 Å². The Morgan fingerprint density at radius 3 is 2.42 bits per heavy atom. The zero-order chi connectivity index (χ0) is 24.3. The molecule has 0 radical (unpaired) electrons. The van der Waals surface area contributed by atoms with Crippen LogP contribution in [0.5, 0.6) is 0 Å². The van der Waals surface area contributed by atoms with Crippen molar-refractivity contribution in [3.63, 3.8) is 0 Å². The number of carbonyl (C=O) groups is 1. The summed E-state index contributed by atoms with van der Waals surface area (Å²) in [5.74, 6) is 0.746. The van der Waals surface area contributed by atoms with Gasteiger partial charge in [-0.2, -0.15) is 0 Å². The summed E-state index contributed by atoms with van der Waals surface area (Å²) in [6, 6.07) is 9.41. The lowest BCUT2D eigenvalue weighted by Gasteiger charge is -2.26. The predicted octanol–water partition coefficient (Wildman–Crippen LogP) is 2.97. The third kappa shape index (κ3) is 5.42. The highest BCUT2D eigenvalue weighted by atomic mass is 16.4. The summed E-state index contributed by atoms with van der Waals surface area (Å²) >= 11 is 0. The Balaban J connectivity index is 2.00. The van der Waals surface area contributed by atoms with E-state index in [9.17, 15) is 14.4 Å². The Morgan fingerprint density at radius 2 is 1.82 bits per heavy atom. The molecule has 2 aromatic heterocycles. The Labute approximate surface area is 192 Å². The van der Waals surface area contributed by atoms with Crippen LogP contribution in [0.4, 0.5) is 11.5 Å². The number of hydrogen-bond donors (Lipinski definition) is 2. The van der Waals surface area contributed by atoms with Crippen LogP contribution in [0.15, 0.2) is 44.3 Å². The van der Waals surface area contributed by atoms with Crippen LogP contribution < -0.4 is 21.9 Å². The highest BCUT2D eigenvalue weighted by molar-refractivity contribution is 5.96. The first-order valence-corrected chi connectivity index (χ1v) is 11.0. The van der Waals surface area contributed by atoms with E-state index in [2.05, 4.69) is 9.97 Å². The van der Waals surface area contributed by atoms with Crippen molar-refractivity contribution in [3.05, 3.63) is 62.6 Å². The van der Waals surface area contributed by atoms with Gasteiger partial charge in [-0.1, -0.05) is 45.9 Å². The van der Waals surface area contributed by atoms with Crippen LogP contribution in [0, 0.1) is 18.8 Å². The number of nitrogen functional groups attached to an aromatic ring is 1. The average molecular weight is 454 g/mol. The molecule has 3 aromatic rings. The molecule has 0 aliphatic carbocycles. The lowest BCUT2D eigenvalue weighted by atomic mass is 10.1.